The molecule has 3 nitrogen and oxygen atoms in total. The predicted octanol–water partition coefficient (Wildman–Crippen LogP) is 2.79. The number of methoxy groups -OCH3 is 1. The van der Waals surface area contributed by atoms with Crippen molar-refractivity contribution in [3.05, 3.63) is 35.8 Å². The van der Waals surface area contributed by atoms with Crippen LogP contribution in [-0.4, -0.2) is 19.0 Å². The molecule has 2 aromatic rings. The van der Waals surface area contributed by atoms with Crippen LogP contribution in [0.3, 0.4) is 0 Å². The molecular formula is C12H11FO3. The van der Waals surface area contributed by atoms with Gasteiger partial charge in [-0.3, -0.25) is 4.79 Å². The van der Waals surface area contributed by atoms with Crippen LogP contribution in [0, 0.1) is 5.82 Å². The number of ether oxygens (including phenoxy) is 1. The first-order valence-corrected chi connectivity index (χ1v) is 4.88. The zero-order chi connectivity index (χ0) is 11.7. The molecule has 0 saturated heterocycles. The molecule has 0 aliphatic carbocycles. The summed E-state index contributed by atoms with van der Waals surface area (Å²) in [5.41, 5.74) is 0.106. The van der Waals surface area contributed by atoms with Gasteiger partial charge in [0.1, 0.15) is 6.10 Å². The van der Waals surface area contributed by atoms with Crippen LogP contribution < -0.4 is 0 Å². The molecule has 0 bridgehead atoms. The molecule has 0 spiro atoms. The Labute approximate surface area is 91.8 Å². The van der Waals surface area contributed by atoms with Crippen LogP contribution in [0.4, 0.5) is 4.39 Å². The summed E-state index contributed by atoms with van der Waals surface area (Å²) in [4.78, 5) is 11.7. The Balaban J connectivity index is 2.48. The topological polar surface area (TPSA) is 39.4 Å². The van der Waals surface area contributed by atoms with E-state index in [2.05, 4.69) is 0 Å². The summed E-state index contributed by atoms with van der Waals surface area (Å²) in [5, 5.41) is 0.576. The second-order valence-electron chi connectivity index (χ2n) is 3.51. The molecule has 2 rings (SSSR count). The smallest absolute Gasteiger partial charge is 0.226 e. The van der Waals surface area contributed by atoms with E-state index in [1.165, 1.54) is 19.2 Å². The lowest BCUT2D eigenvalue weighted by Gasteiger charge is -2.04. The predicted molar refractivity (Wildman–Crippen MR) is 57.0 cm³/mol. The van der Waals surface area contributed by atoms with Gasteiger partial charge in [0, 0.05) is 12.5 Å². The molecule has 1 atom stereocenters. The maximum absolute atomic E-state index is 13.3. The summed E-state index contributed by atoms with van der Waals surface area (Å²) in [7, 11) is 1.44. The van der Waals surface area contributed by atoms with Gasteiger partial charge in [0.2, 0.25) is 5.78 Å². The van der Waals surface area contributed by atoms with Gasteiger partial charge in [0.05, 0.1) is 0 Å². The number of rotatable bonds is 3. The first kappa shape index (κ1) is 10.8. The fraction of sp³-hybridized carbons (Fsp3) is 0.250. The average molecular weight is 222 g/mol. The number of hydrogen-bond donors (Lipinski definition) is 0. The van der Waals surface area contributed by atoms with Gasteiger partial charge in [-0.05, 0) is 19.1 Å². The summed E-state index contributed by atoms with van der Waals surface area (Å²) in [5.74, 6) is -0.644. The summed E-state index contributed by atoms with van der Waals surface area (Å²) in [6, 6.07) is 6.08. The number of furan rings is 1. The minimum absolute atomic E-state index is 0.106. The van der Waals surface area contributed by atoms with E-state index in [-0.39, 0.29) is 17.1 Å². The van der Waals surface area contributed by atoms with Gasteiger partial charge in [-0.15, -0.1) is 0 Å². The van der Waals surface area contributed by atoms with Gasteiger partial charge < -0.3 is 9.15 Å². The van der Waals surface area contributed by atoms with E-state index < -0.39 is 11.9 Å². The van der Waals surface area contributed by atoms with Crippen LogP contribution in [0.15, 0.2) is 28.7 Å². The Morgan fingerprint density at radius 2 is 2.25 bits per heavy atom. The molecule has 1 aromatic heterocycles. The van der Waals surface area contributed by atoms with E-state index >= 15 is 0 Å². The molecule has 0 amide bonds. The van der Waals surface area contributed by atoms with E-state index in [4.69, 9.17) is 9.15 Å². The Morgan fingerprint density at radius 3 is 2.88 bits per heavy atom. The highest BCUT2D eigenvalue weighted by molar-refractivity contribution is 6.00. The molecule has 4 heteroatoms. The van der Waals surface area contributed by atoms with E-state index in [1.54, 1.807) is 19.1 Å². The van der Waals surface area contributed by atoms with Crippen molar-refractivity contribution in [1.82, 2.24) is 0 Å². The Morgan fingerprint density at radius 1 is 1.50 bits per heavy atom. The summed E-state index contributed by atoms with van der Waals surface area (Å²) < 4.78 is 23.4. The second-order valence-corrected chi connectivity index (χ2v) is 3.51. The first-order chi connectivity index (χ1) is 7.63. The number of benzene rings is 1. The monoisotopic (exact) mass is 222 g/mol. The zero-order valence-electron chi connectivity index (χ0n) is 8.99. The van der Waals surface area contributed by atoms with Crippen LogP contribution >= 0.6 is 0 Å². The van der Waals surface area contributed by atoms with Gasteiger partial charge in [-0.2, -0.15) is 0 Å². The largest absolute Gasteiger partial charge is 0.450 e. The van der Waals surface area contributed by atoms with Crippen LogP contribution in [0.5, 0.6) is 0 Å². The average Bonchev–Trinajstić information content (AvgIpc) is 2.72. The van der Waals surface area contributed by atoms with Crippen molar-refractivity contribution in [1.29, 1.82) is 0 Å². The third-order valence-corrected chi connectivity index (χ3v) is 2.46. The highest BCUT2D eigenvalue weighted by Gasteiger charge is 2.19. The van der Waals surface area contributed by atoms with E-state index in [1.807, 2.05) is 0 Å². The summed E-state index contributed by atoms with van der Waals surface area (Å²) in [6.45, 7) is 1.62. The standard InChI is InChI=1S/C12H11FO3/c1-7(15-2)11(14)10-6-8-4-3-5-9(13)12(8)16-10/h3-7H,1-2H3. The molecule has 0 saturated carbocycles. The number of ketones is 1. The number of carbonyl (C=O) groups excluding carboxylic acids is 1. The molecule has 0 N–H and O–H groups in total. The quantitative estimate of drug-likeness (QED) is 0.749. The van der Waals surface area contributed by atoms with Crippen LogP contribution in [-0.2, 0) is 4.74 Å². The van der Waals surface area contributed by atoms with Crippen molar-refractivity contribution in [2.45, 2.75) is 13.0 Å². The summed E-state index contributed by atoms with van der Waals surface area (Å²) in [6.07, 6.45) is -0.594. The normalized spacial score (nSPS) is 12.9. The lowest BCUT2D eigenvalue weighted by Crippen LogP contribution is -2.18. The third-order valence-electron chi connectivity index (χ3n) is 2.46. The van der Waals surface area contributed by atoms with Crippen molar-refractivity contribution in [3.63, 3.8) is 0 Å². The minimum Gasteiger partial charge on any atom is -0.450 e. The van der Waals surface area contributed by atoms with Crippen molar-refractivity contribution >= 4 is 16.8 Å². The maximum Gasteiger partial charge on any atom is 0.226 e. The van der Waals surface area contributed by atoms with E-state index in [0.29, 0.717) is 5.39 Å². The van der Waals surface area contributed by atoms with E-state index in [0.717, 1.165) is 0 Å². The van der Waals surface area contributed by atoms with Gasteiger partial charge in [0.15, 0.2) is 17.2 Å². The molecule has 1 heterocycles. The number of fused-ring (bicyclic) bond motifs is 1. The number of para-hydroxylation sites is 1. The highest BCUT2D eigenvalue weighted by atomic mass is 19.1. The van der Waals surface area contributed by atoms with Crippen molar-refractivity contribution < 1.29 is 18.3 Å². The van der Waals surface area contributed by atoms with Crippen molar-refractivity contribution in [2.24, 2.45) is 0 Å². The summed E-state index contributed by atoms with van der Waals surface area (Å²) >= 11 is 0. The van der Waals surface area contributed by atoms with E-state index in [9.17, 15) is 9.18 Å². The molecule has 1 aromatic carbocycles. The van der Waals surface area contributed by atoms with Crippen molar-refractivity contribution in [3.8, 4) is 0 Å². The Bertz CT molecular complexity index is 530. The SMILES string of the molecule is COC(C)C(=O)c1cc2cccc(F)c2o1. The molecule has 0 radical (unpaired) electrons. The van der Waals surface area contributed by atoms with Gasteiger partial charge in [-0.25, -0.2) is 4.39 Å². The molecule has 0 aliphatic rings. The number of carbonyl (C=O) groups is 1. The molecule has 84 valence electrons. The second kappa shape index (κ2) is 4.06. The minimum atomic E-state index is -0.594. The van der Waals surface area contributed by atoms with Gasteiger partial charge in [0.25, 0.3) is 0 Å². The molecule has 0 aliphatic heterocycles. The Kier molecular flexibility index (Phi) is 2.75. The molecular weight excluding hydrogens is 211 g/mol. The highest BCUT2D eigenvalue weighted by Crippen LogP contribution is 2.23. The van der Waals surface area contributed by atoms with Crippen molar-refractivity contribution in [2.75, 3.05) is 7.11 Å². The Hall–Kier alpha value is -1.68. The molecule has 1 unspecified atom stereocenters. The first-order valence-electron chi connectivity index (χ1n) is 4.88. The number of halogens is 1. The maximum atomic E-state index is 13.3. The lowest BCUT2D eigenvalue weighted by molar-refractivity contribution is 0.0629. The fourth-order valence-electron chi connectivity index (χ4n) is 1.46. The number of hydrogen-bond acceptors (Lipinski definition) is 3. The number of Topliss-reactive ketones (excluding diaryl/α,β-unsaturated/α-hetero) is 1. The van der Waals surface area contributed by atoms with Gasteiger partial charge >= 0.3 is 0 Å². The third kappa shape index (κ3) is 1.72. The molecule has 0 fully saturated rings. The fourth-order valence-corrected chi connectivity index (χ4v) is 1.46. The van der Waals surface area contributed by atoms with Crippen LogP contribution in [0.2, 0.25) is 0 Å². The molecule has 16 heavy (non-hydrogen) atoms. The zero-order valence-corrected chi connectivity index (χ0v) is 8.99. The lowest BCUT2D eigenvalue weighted by atomic mass is 10.2. The van der Waals surface area contributed by atoms with Crippen LogP contribution in [0.25, 0.3) is 11.0 Å². The van der Waals surface area contributed by atoms with Gasteiger partial charge in [-0.1, -0.05) is 12.1 Å². The van der Waals surface area contributed by atoms with Crippen LogP contribution in [0.1, 0.15) is 17.5 Å².